The fraction of sp³-hybridized carbons (Fsp3) is 0.269. The minimum Gasteiger partial charge on any atom is -0.496 e. The highest BCUT2D eigenvalue weighted by molar-refractivity contribution is 5.95. The summed E-state index contributed by atoms with van der Waals surface area (Å²) in [5, 5.41) is 0.0643. The standard InChI is InChI=1S/C26H24O9/c1-13(27)33-21-10-18(30-5)16(9-20(21)31-6)17-12-32-22-11-19-15(7-8-26(3,4)35-19)25(34-14(2)28)23(22)24(17)29/h7-12H,1-6H3. The Morgan fingerprint density at radius 2 is 1.57 bits per heavy atom. The van der Waals surface area contributed by atoms with E-state index in [4.69, 9.17) is 28.1 Å². The zero-order chi connectivity index (χ0) is 25.5. The van der Waals surface area contributed by atoms with Gasteiger partial charge in [0.15, 0.2) is 17.2 Å². The van der Waals surface area contributed by atoms with Crippen molar-refractivity contribution in [2.24, 2.45) is 0 Å². The number of carbonyl (C=O) groups is 2. The van der Waals surface area contributed by atoms with Gasteiger partial charge in [-0.1, -0.05) is 0 Å². The van der Waals surface area contributed by atoms with Crippen molar-refractivity contribution in [1.82, 2.24) is 0 Å². The first kappa shape index (κ1) is 23.9. The number of hydrogen-bond acceptors (Lipinski definition) is 9. The van der Waals surface area contributed by atoms with Gasteiger partial charge >= 0.3 is 11.9 Å². The molecule has 0 aliphatic carbocycles. The molecule has 0 spiro atoms. The summed E-state index contributed by atoms with van der Waals surface area (Å²) < 4.78 is 33.3. The smallest absolute Gasteiger partial charge is 0.308 e. The molecule has 0 saturated heterocycles. The van der Waals surface area contributed by atoms with E-state index >= 15 is 0 Å². The number of hydrogen-bond donors (Lipinski definition) is 0. The fourth-order valence-corrected chi connectivity index (χ4v) is 3.84. The van der Waals surface area contributed by atoms with Gasteiger partial charge in [-0.05, 0) is 32.1 Å². The zero-order valence-electron chi connectivity index (χ0n) is 20.1. The molecule has 35 heavy (non-hydrogen) atoms. The lowest BCUT2D eigenvalue weighted by Gasteiger charge is -2.28. The quantitative estimate of drug-likeness (QED) is 0.385. The van der Waals surface area contributed by atoms with Gasteiger partial charge < -0.3 is 28.1 Å². The van der Waals surface area contributed by atoms with Crippen molar-refractivity contribution in [3.63, 3.8) is 0 Å². The van der Waals surface area contributed by atoms with Gasteiger partial charge in [0.1, 0.15) is 34.3 Å². The summed E-state index contributed by atoms with van der Waals surface area (Å²) in [6.07, 6.45) is 4.84. The van der Waals surface area contributed by atoms with E-state index in [1.54, 1.807) is 18.2 Å². The largest absolute Gasteiger partial charge is 0.496 e. The highest BCUT2D eigenvalue weighted by Crippen LogP contribution is 2.44. The predicted molar refractivity (Wildman–Crippen MR) is 127 cm³/mol. The number of methoxy groups -OCH3 is 2. The Bertz CT molecular complexity index is 1440. The molecule has 0 radical (unpaired) electrons. The Morgan fingerprint density at radius 3 is 2.20 bits per heavy atom. The van der Waals surface area contributed by atoms with Gasteiger partial charge in [0.2, 0.25) is 5.43 Å². The second kappa shape index (κ2) is 8.83. The van der Waals surface area contributed by atoms with Gasteiger partial charge in [0.05, 0.1) is 25.3 Å². The third-order valence-corrected chi connectivity index (χ3v) is 5.32. The van der Waals surface area contributed by atoms with Crippen molar-refractivity contribution in [2.45, 2.75) is 33.3 Å². The number of esters is 2. The van der Waals surface area contributed by atoms with Crippen molar-refractivity contribution in [2.75, 3.05) is 14.2 Å². The summed E-state index contributed by atoms with van der Waals surface area (Å²) in [6, 6.07) is 4.54. The molecule has 9 heteroatoms. The number of benzene rings is 2. The Kier molecular flexibility index (Phi) is 6.02. The molecule has 9 nitrogen and oxygen atoms in total. The first-order valence-corrected chi connectivity index (χ1v) is 10.7. The summed E-state index contributed by atoms with van der Waals surface area (Å²) in [5.41, 5.74) is 0.0200. The molecule has 0 bridgehead atoms. The van der Waals surface area contributed by atoms with Crippen LogP contribution in [0.15, 0.2) is 39.7 Å². The summed E-state index contributed by atoms with van der Waals surface area (Å²) >= 11 is 0. The van der Waals surface area contributed by atoms with Crippen LogP contribution in [0, 0.1) is 0 Å². The predicted octanol–water partition coefficient (Wildman–Crippen LogP) is 4.51. The van der Waals surface area contributed by atoms with Gasteiger partial charge in [0, 0.05) is 31.5 Å². The first-order chi connectivity index (χ1) is 16.5. The highest BCUT2D eigenvalue weighted by atomic mass is 16.6. The van der Waals surface area contributed by atoms with Crippen molar-refractivity contribution in [1.29, 1.82) is 0 Å². The van der Waals surface area contributed by atoms with E-state index in [1.165, 1.54) is 46.5 Å². The second-order valence-electron chi connectivity index (χ2n) is 8.40. The molecule has 3 aromatic rings. The van der Waals surface area contributed by atoms with Crippen molar-refractivity contribution >= 4 is 29.0 Å². The Labute approximate surface area is 200 Å². The number of fused-ring (bicyclic) bond motifs is 2. The molecule has 1 aromatic heterocycles. The molecule has 1 aliphatic heterocycles. The minimum atomic E-state index is -0.604. The van der Waals surface area contributed by atoms with Crippen LogP contribution in [0.4, 0.5) is 0 Å². The van der Waals surface area contributed by atoms with Crippen LogP contribution in [-0.2, 0) is 9.59 Å². The van der Waals surface area contributed by atoms with E-state index in [0.717, 1.165) is 0 Å². The number of carbonyl (C=O) groups excluding carboxylic acids is 2. The summed E-state index contributed by atoms with van der Waals surface area (Å²) in [6.45, 7) is 6.26. The third kappa shape index (κ3) is 4.44. The van der Waals surface area contributed by atoms with Gasteiger partial charge in [-0.2, -0.15) is 0 Å². The van der Waals surface area contributed by atoms with Crippen LogP contribution in [0.1, 0.15) is 33.3 Å². The first-order valence-electron chi connectivity index (χ1n) is 10.7. The highest BCUT2D eigenvalue weighted by Gasteiger charge is 2.29. The fourth-order valence-electron chi connectivity index (χ4n) is 3.84. The van der Waals surface area contributed by atoms with E-state index in [2.05, 4.69) is 0 Å². The van der Waals surface area contributed by atoms with Crippen LogP contribution < -0.4 is 29.1 Å². The summed E-state index contributed by atoms with van der Waals surface area (Å²) in [4.78, 5) is 37.2. The molecular formula is C26H24O9. The van der Waals surface area contributed by atoms with Crippen molar-refractivity contribution < 1.29 is 37.7 Å². The summed E-state index contributed by atoms with van der Waals surface area (Å²) in [5.74, 6) is -0.113. The molecule has 0 N–H and O–H groups in total. The van der Waals surface area contributed by atoms with Gasteiger partial charge in [0.25, 0.3) is 0 Å². The number of rotatable bonds is 5. The molecule has 182 valence electrons. The van der Waals surface area contributed by atoms with Crippen molar-refractivity contribution in [3.8, 4) is 39.9 Å². The molecule has 2 aromatic carbocycles. The Balaban J connectivity index is 2.01. The molecular weight excluding hydrogens is 456 g/mol. The van der Waals surface area contributed by atoms with E-state index < -0.39 is 23.0 Å². The lowest BCUT2D eigenvalue weighted by atomic mass is 9.98. The Morgan fingerprint density at radius 1 is 0.886 bits per heavy atom. The molecule has 0 amide bonds. The van der Waals surface area contributed by atoms with Crippen LogP contribution in [0.3, 0.4) is 0 Å². The monoisotopic (exact) mass is 480 g/mol. The van der Waals surface area contributed by atoms with Crippen LogP contribution >= 0.6 is 0 Å². The zero-order valence-corrected chi connectivity index (χ0v) is 20.1. The summed E-state index contributed by atoms with van der Waals surface area (Å²) in [7, 11) is 2.82. The van der Waals surface area contributed by atoms with Crippen LogP contribution in [0.25, 0.3) is 28.2 Å². The molecule has 0 saturated carbocycles. The van der Waals surface area contributed by atoms with Gasteiger partial charge in [-0.25, -0.2) is 0 Å². The van der Waals surface area contributed by atoms with E-state index in [0.29, 0.717) is 16.9 Å². The van der Waals surface area contributed by atoms with Crippen LogP contribution in [0.5, 0.6) is 28.7 Å². The maximum absolute atomic E-state index is 13.8. The molecule has 0 atom stereocenters. The molecule has 4 rings (SSSR count). The van der Waals surface area contributed by atoms with Gasteiger partial charge in [-0.15, -0.1) is 0 Å². The average molecular weight is 480 g/mol. The maximum Gasteiger partial charge on any atom is 0.308 e. The van der Waals surface area contributed by atoms with Crippen molar-refractivity contribution in [3.05, 3.63) is 46.3 Å². The normalized spacial score (nSPS) is 13.5. The van der Waals surface area contributed by atoms with Crippen LogP contribution in [0.2, 0.25) is 0 Å². The van der Waals surface area contributed by atoms with E-state index in [1.807, 2.05) is 13.8 Å². The second-order valence-corrected chi connectivity index (χ2v) is 8.40. The molecule has 0 unspecified atom stereocenters. The maximum atomic E-state index is 13.8. The molecule has 1 aliphatic rings. The molecule has 0 fully saturated rings. The Hall–Kier alpha value is -4.27. The third-order valence-electron chi connectivity index (χ3n) is 5.32. The lowest BCUT2D eigenvalue weighted by molar-refractivity contribution is -0.132. The topological polar surface area (TPSA) is 111 Å². The van der Waals surface area contributed by atoms with E-state index in [-0.39, 0.29) is 39.5 Å². The molecule has 2 heterocycles. The van der Waals surface area contributed by atoms with Crippen LogP contribution in [-0.4, -0.2) is 31.8 Å². The lowest BCUT2D eigenvalue weighted by Crippen LogP contribution is -2.28. The minimum absolute atomic E-state index is 0.0369. The van der Waals surface area contributed by atoms with E-state index in [9.17, 15) is 14.4 Å². The average Bonchev–Trinajstić information content (AvgIpc) is 2.77. The SMILES string of the molecule is COc1cc(-c2coc3cc4c(c(OC(C)=O)c3c2=O)C=CC(C)(C)O4)c(OC)cc1OC(C)=O. The number of ether oxygens (including phenoxy) is 5. The van der Waals surface area contributed by atoms with Gasteiger partial charge in [-0.3, -0.25) is 14.4 Å².